The summed E-state index contributed by atoms with van der Waals surface area (Å²) >= 11 is 0. The van der Waals surface area contributed by atoms with Crippen LogP contribution in [0.25, 0.3) is 33.4 Å². The van der Waals surface area contributed by atoms with Crippen LogP contribution in [0.2, 0.25) is 0 Å². The van der Waals surface area contributed by atoms with E-state index < -0.39 is 35.1 Å². The molecule has 10 heteroatoms. The van der Waals surface area contributed by atoms with Crippen molar-refractivity contribution in [2.75, 3.05) is 0 Å². The Bertz CT molecular complexity index is 1560. The summed E-state index contributed by atoms with van der Waals surface area (Å²) in [4.78, 5) is 3.86. The molecule has 0 N–H and O–H groups in total. The van der Waals surface area contributed by atoms with Crippen molar-refractivity contribution in [1.29, 1.82) is 5.26 Å². The Labute approximate surface area is 210 Å². The van der Waals surface area contributed by atoms with Crippen LogP contribution in [0.3, 0.4) is 0 Å². The van der Waals surface area contributed by atoms with Gasteiger partial charge in [-0.1, -0.05) is 36.4 Å². The molecule has 0 saturated carbocycles. The van der Waals surface area contributed by atoms with Gasteiger partial charge in [-0.3, -0.25) is 0 Å². The lowest BCUT2D eigenvalue weighted by Crippen LogP contribution is -2.08. The second-order valence-electron chi connectivity index (χ2n) is 8.47. The highest BCUT2D eigenvalue weighted by atomic mass is 19.4. The molecule has 0 spiro atoms. The van der Waals surface area contributed by atoms with E-state index >= 15 is 0 Å². The largest absolute Gasteiger partial charge is 0.419 e. The second kappa shape index (κ2) is 8.80. The third kappa shape index (κ3) is 4.30. The second-order valence-corrected chi connectivity index (χ2v) is 8.47. The van der Waals surface area contributed by atoms with Crippen molar-refractivity contribution in [1.82, 2.24) is 0 Å². The van der Waals surface area contributed by atoms with Gasteiger partial charge in [-0.25, -0.2) is 8.78 Å². The van der Waals surface area contributed by atoms with E-state index in [1.165, 1.54) is 36.4 Å². The standard InChI is InChI=1S/C28H12F8N2/c29-24-7-3-16(11-22(24)27(31,32)33)14-1-5-18-19-6-2-15(10-21(19)26(38-13-37)20(18)9-14)17-4-8-25(30)23(12-17)28(34,35)36/h1-12H. The highest BCUT2D eigenvalue weighted by molar-refractivity contribution is 6.25. The topological polar surface area (TPSA) is 36.1 Å². The molecule has 0 radical (unpaired) electrons. The lowest BCUT2D eigenvalue weighted by Gasteiger charge is -2.11. The SMILES string of the molecule is N#CN=C1c2cc(-c3ccc(F)c(C(F)(F)F)c3)ccc2-c2ccc(-c3ccc(F)c(C(F)(F)F)c3)cc21. The number of alkyl halides is 6. The average Bonchev–Trinajstić information content (AvgIpc) is 3.15. The van der Waals surface area contributed by atoms with Crippen LogP contribution in [-0.4, -0.2) is 5.71 Å². The lowest BCUT2D eigenvalue weighted by atomic mass is 9.97. The summed E-state index contributed by atoms with van der Waals surface area (Å²) in [7, 11) is 0. The summed E-state index contributed by atoms with van der Waals surface area (Å²) in [6, 6.07) is 14.5. The monoisotopic (exact) mass is 528 g/mol. The molecule has 0 amide bonds. The molecule has 4 aromatic carbocycles. The average molecular weight is 528 g/mol. The van der Waals surface area contributed by atoms with Gasteiger partial charge in [0.15, 0.2) is 0 Å². The van der Waals surface area contributed by atoms with E-state index in [-0.39, 0.29) is 16.8 Å². The van der Waals surface area contributed by atoms with Crippen LogP contribution >= 0.6 is 0 Å². The number of nitriles is 1. The Morgan fingerprint density at radius 3 is 1.26 bits per heavy atom. The molecule has 1 aliphatic carbocycles. The fraction of sp³-hybridized carbons (Fsp3) is 0.0714. The number of rotatable bonds is 2. The Kier molecular flexibility index (Phi) is 5.82. The number of nitrogens with zero attached hydrogens (tertiary/aromatic N) is 2. The molecule has 0 atom stereocenters. The van der Waals surface area contributed by atoms with Gasteiger partial charge in [-0.15, -0.1) is 0 Å². The van der Waals surface area contributed by atoms with Crippen molar-refractivity contribution in [2.45, 2.75) is 12.4 Å². The summed E-state index contributed by atoms with van der Waals surface area (Å²) in [6.45, 7) is 0. The molecular formula is C28H12F8N2. The third-order valence-electron chi connectivity index (χ3n) is 6.21. The van der Waals surface area contributed by atoms with E-state index in [0.29, 0.717) is 57.6 Å². The smallest absolute Gasteiger partial charge is 0.206 e. The van der Waals surface area contributed by atoms with Crippen LogP contribution in [0.5, 0.6) is 0 Å². The molecule has 0 heterocycles. The zero-order valence-electron chi connectivity index (χ0n) is 18.8. The molecule has 2 nitrogen and oxygen atoms in total. The maximum Gasteiger partial charge on any atom is 0.419 e. The predicted molar refractivity (Wildman–Crippen MR) is 124 cm³/mol. The number of fused-ring (bicyclic) bond motifs is 3. The predicted octanol–water partition coefficient (Wildman–Crippen LogP) is 8.64. The number of benzene rings is 4. The van der Waals surface area contributed by atoms with E-state index in [1.54, 1.807) is 18.3 Å². The minimum absolute atomic E-state index is 0.0838. The van der Waals surface area contributed by atoms with Crippen LogP contribution in [0.4, 0.5) is 35.1 Å². The molecule has 0 bridgehead atoms. The highest BCUT2D eigenvalue weighted by Crippen LogP contribution is 2.42. The molecule has 1 aliphatic rings. The minimum Gasteiger partial charge on any atom is -0.206 e. The van der Waals surface area contributed by atoms with Crippen molar-refractivity contribution in [3.63, 3.8) is 0 Å². The quantitative estimate of drug-likeness (QED) is 0.167. The summed E-state index contributed by atoms with van der Waals surface area (Å²) in [5.74, 6) is -2.83. The van der Waals surface area contributed by atoms with Gasteiger partial charge in [0.1, 0.15) is 11.6 Å². The number of halogens is 8. The van der Waals surface area contributed by atoms with Crippen LogP contribution in [0, 0.1) is 23.1 Å². The maximum absolute atomic E-state index is 13.8. The first-order valence-electron chi connectivity index (χ1n) is 10.9. The van der Waals surface area contributed by atoms with Gasteiger partial charge in [0, 0.05) is 11.1 Å². The lowest BCUT2D eigenvalue weighted by molar-refractivity contribution is -0.140. The van der Waals surface area contributed by atoms with Crippen LogP contribution in [0.15, 0.2) is 77.8 Å². The number of aliphatic imine (C=N–C) groups is 1. The summed E-state index contributed by atoms with van der Waals surface area (Å²) < 4.78 is 107. The van der Waals surface area contributed by atoms with Crippen molar-refractivity contribution in [3.05, 3.63) is 107 Å². The summed E-state index contributed by atoms with van der Waals surface area (Å²) in [5.41, 5.74) is 0.100. The van der Waals surface area contributed by atoms with Crippen LogP contribution in [-0.2, 0) is 12.4 Å². The Balaban J connectivity index is 1.61. The third-order valence-corrected chi connectivity index (χ3v) is 6.21. The first-order chi connectivity index (χ1) is 17.9. The first-order valence-corrected chi connectivity index (χ1v) is 10.9. The van der Waals surface area contributed by atoms with E-state index in [1.807, 2.05) is 0 Å². The van der Waals surface area contributed by atoms with E-state index in [4.69, 9.17) is 0 Å². The van der Waals surface area contributed by atoms with E-state index in [2.05, 4.69) is 4.99 Å². The van der Waals surface area contributed by atoms with Gasteiger partial charge in [0.05, 0.1) is 16.8 Å². The van der Waals surface area contributed by atoms with Gasteiger partial charge in [-0.05, 0) is 69.8 Å². The Morgan fingerprint density at radius 1 is 0.526 bits per heavy atom. The van der Waals surface area contributed by atoms with E-state index in [0.717, 1.165) is 0 Å². The van der Waals surface area contributed by atoms with Crippen molar-refractivity contribution in [2.24, 2.45) is 4.99 Å². The highest BCUT2D eigenvalue weighted by Gasteiger charge is 2.35. The molecular weight excluding hydrogens is 516 g/mol. The zero-order valence-corrected chi connectivity index (χ0v) is 18.8. The van der Waals surface area contributed by atoms with Gasteiger partial charge >= 0.3 is 12.4 Å². The molecule has 0 fully saturated rings. The molecule has 0 saturated heterocycles. The fourth-order valence-corrected chi connectivity index (χ4v) is 4.47. The fourth-order valence-electron chi connectivity index (χ4n) is 4.47. The molecule has 0 aliphatic heterocycles. The van der Waals surface area contributed by atoms with Crippen molar-refractivity contribution < 1.29 is 35.1 Å². The molecule has 4 aromatic rings. The van der Waals surface area contributed by atoms with Crippen LogP contribution in [0.1, 0.15) is 22.3 Å². The molecule has 0 unspecified atom stereocenters. The van der Waals surface area contributed by atoms with Gasteiger partial charge in [0.2, 0.25) is 6.19 Å². The molecule has 5 rings (SSSR count). The summed E-state index contributed by atoms with van der Waals surface area (Å²) in [6.07, 6.45) is -8.13. The van der Waals surface area contributed by atoms with Crippen molar-refractivity contribution in [3.8, 4) is 39.6 Å². The van der Waals surface area contributed by atoms with Gasteiger partial charge in [-0.2, -0.15) is 36.6 Å². The molecule has 0 aromatic heterocycles. The van der Waals surface area contributed by atoms with Gasteiger partial charge in [0.25, 0.3) is 0 Å². The van der Waals surface area contributed by atoms with Crippen LogP contribution < -0.4 is 0 Å². The van der Waals surface area contributed by atoms with Crippen molar-refractivity contribution >= 4 is 5.71 Å². The minimum atomic E-state index is -4.90. The molecule has 38 heavy (non-hydrogen) atoms. The Morgan fingerprint density at radius 2 is 0.895 bits per heavy atom. The van der Waals surface area contributed by atoms with E-state index in [9.17, 15) is 40.4 Å². The van der Waals surface area contributed by atoms with Gasteiger partial charge < -0.3 is 0 Å². The Hall–Kier alpha value is -4.52. The first kappa shape index (κ1) is 25.1. The normalized spacial score (nSPS) is 12.7. The zero-order chi connectivity index (χ0) is 27.4. The number of hydrogen-bond donors (Lipinski definition) is 0. The summed E-state index contributed by atoms with van der Waals surface area (Å²) in [5, 5.41) is 9.29. The number of hydrogen-bond acceptors (Lipinski definition) is 2. The molecule has 190 valence electrons. The maximum atomic E-state index is 13.8.